The van der Waals surface area contributed by atoms with E-state index < -0.39 is 23.1 Å². The zero-order valence-electron chi connectivity index (χ0n) is 17.7. The van der Waals surface area contributed by atoms with Crippen LogP contribution in [0.5, 0.6) is 5.75 Å². The van der Waals surface area contributed by atoms with Crippen molar-refractivity contribution < 1.29 is 23.9 Å². The number of carbonyl (C=O) groups is 4. The lowest BCUT2D eigenvalue weighted by Crippen LogP contribution is -2.52. The van der Waals surface area contributed by atoms with Crippen molar-refractivity contribution >= 4 is 23.6 Å². The molecule has 2 fully saturated rings. The van der Waals surface area contributed by atoms with Crippen LogP contribution in [-0.4, -0.2) is 65.3 Å². The Bertz CT molecular complexity index is 1090. The fraction of sp³-hybridized carbons (Fsp3) is 0.333. The number of hydrazine groups is 1. The topological polar surface area (TPSA) is 87.2 Å². The molecule has 0 aromatic heterocycles. The summed E-state index contributed by atoms with van der Waals surface area (Å²) in [6.07, 6.45) is 2.09. The first-order valence-corrected chi connectivity index (χ1v) is 10.7. The molecule has 1 saturated heterocycles. The van der Waals surface area contributed by atoms with Gasteiger partial charge in [0.25, 0.3) is 23.6 Å². The molecule has 0 bridgehead atoms. The van der Waals surface area contributed by atoms with Crippen LogP contribution in [0, 0.1) is 0 Å². The van der Waals surface area contributed by atoms with Crippen LogP contribution in [-0.2, 0) is 15.0 Å². The molecule has 4 amide bonds. The fourth-order valence-electron chi connectivity index (χ4n) is 4.59. The lowest BCUT2D eigenvalue weighted by atomic mass is 9.94. The Balaban J connectivity index is 1.32. The van der Waals surface area contributed by atoms with Crippen LogP contribution in [0.25, 0.3) is 0 Å². The quantitative estimate of drug-likeness (QED) is 0.673. The summed E-state index contributed by atoms with van der Waals surface area (Å²) in [5.74, 6) is -0.788. The second kappa shape index (κ2) is 7.47. The van der Waals surface area contributed by atoms with Gasteiger partial charge in [0.15, 0.2) is 0 Å². The molecule has 2 aromatic rings. The van der Waals surface area contributed by atoms with Crippen molar-refractivity contribution in [1.29, 1.82) is 0 Å². The van der Waals surface area contributed by atoms with Crippen molar-refractivity contribution in [2.75, 3.05) is 26.7 Å². The number of ether oxygens (including phenoxy) is 1. The molecule has 0 unspecified atom stereocenters. The maximum absolute atomic E-state index is 13.5. The maximum atomic E-state index is 13.5. The summed E-state index contributed by atoms with van der Waals surface area (Å²) in [7, 11) is 1.59. The van der Waals surface area contributed by atoms with E-state index in [-0.39, 0.29) is 12.5 Å². The molecule has 3 aliphatic rings. The van der Waals surface area contributed by atoms with Crippen LogP contribution in [0.15, 0.2) is 48.5 Å². The predicted molar refractivity (Wildman–Crippen MR) is 114 cm³/mol. The van der Waals surface area contributed by atoms with E-state index >= 15 is 0 Å². The van der Waals surface area contributed by atoms with Gasteiger partial charge in [-0.05, 0) is 49.1 Å². The monoisotopic (exact) mass is 433 g/mol. The Labute approximate surface area is 185 Å². The van der Waals surface area contributed by atoms with Gasteiger partial charge in [-0.15, -0.1) is 0 Å². The van der Waals surface area contributed by atoms with E-state index in [1.165, 1.54) is 10.0 Å². The number of hydrogen-bond acceptors (Lipinski definition) is 5. The molecule has 2 aromatic carbocycles. The van der Waals surface area contributed by atoms with Crippen LogP contribution in [0.2, 0.25) is 0 Å². The fourth-order valence-corrected chi connectivity index (χ4v) is 4.59. The van der Waals surface area contributed by atoms with Crippen LogP contribution in [0.1, 0.15) is 45.5 Å². The first-order valence-electron chi connectivity index (χ1n) is 10.7. The van der Waals surface area contributed by atoms with E-state index in [9.17, 15) is 19.2 Å². The van der Waals surface area contributed by atoms with E-state index in [2.05, 4.69) is 0 Å². The second-order valence-electron chi connectivity index (χ2n) is 8.35. The number of hydrogen-bond donors (Lipinski definition) is 0. The predicted octanol–water partition coefficient (Wildman–Crippen LogP) is 2.00. The van der Waals surface area contributed by atoms with Gasteiger partial charge in [0.1, 0.15) is 12.3 Å². The highest BCUT2D eigenvalue weighted by Crippen LogP contribution is 2.50. The SMILES string of the molecule is COc1ccc(C2(C(=O)N3CCCN3C(=O)CN3C(=O)c4ccccc4C3=O)CC2)cc1. The third kappa shape index (κ3) is 3.05. The second-order valence-corrected chi connectivity index (χ2v) is 8.35. The molecule has 0 radical (unpaired) electrons. The first-order chi connectivity index (χ1) is 15.5. The molecule has 8 nitrogen and oxygen atoms in total. The molecule has 0 N–H and O–H groups in total. The zero-order chi connectivity index (χ0) is 22.5. The number of amides is 4. The normalized spacial score (nSPS) is 18.7. The average molecular weight is 433 g/mol. The standard InChI is InChI=1S/C24H23N3O5/c1-32-17-9-7-16(8-10-17)24(11-12-24)23(31)27-14-4-13-26(27)20(28)15-25-21(29)18-5-2-3-6-19(18)22(25)30/h2-3,5-10H,4,11-15H2,1H3. The van der Waals surface area contributed by atoms with Crippen molar-refractivity contribution in [3.05, 3.63) is 65.2 Å². The van der Waals surface area contributed by atoms with Crippen LogP contribution in [0.4, 0.5) is 0 Å². The summed E-state index contributed by atoms with van der Waals surface area (Å²) in [6, 6.07) is 14.0. The molecule has 0 atom stereocenters. The van der Waals surface area contributed by atoms with Crippen molar-refractivity contribution in [3.63, 3.8) is 0 Å². The highest BCUT2D eigenvalue weighted by molar-refractivity contribution is 6.22. The van der Waals surface area contributed by atoms with Crippen molar-refractivity contribution in [2.24, 2.45) is 0 Å². The molecule has 164 valence electrons. The summed E-state index contributed by atoms with van der Waals surface area (Å²) >= 11 is 0. The van der Waals surface area contributed by atoms with Crippen molar-refractivity contribution in [1.82, 2.24) is 14.9 Å². The molecule has 0 spiro atoms. The smallest absolute Gasteiger partial charge is 0.262 e. The van der Waals surface area contributed by atoms with Crippen LogP contribution in [0.3, 0.4) is 0 Å². The van der Waals surface area contributed by atoms with Gasteiger partial charge >= 0.3 is 0 Å². The molecular formula is C24H23N3O5. The third-order valence-corrected chi connectivity index (χ3v) is 6.53. The molecule has 2 heterocycles. The lowest BCUT2D eigenvalue weighted by molar-refractivity contribution is -0.159. The van der Waals surface area contributed by atoms with Gasteiger partial charge in [-0.2, -0.15) is 0 Å². The summed E-state index contributed by atoms with van der Waals surface area (Å²) < 4.78 is 5.21. The van der Waals surface area contributed by atoms with E-state index in [0.29, 0.717) is 30.6 Å². The number of methoxy groups -OCH3 is 1. The van der Waals surface area contributed by atoms with Crippen LogP contribution >= 0.6 is 0 Å². The Kier molecular flexibility index (Phi) is 4.73. The van der Waals surface area contributed by atoms with Gasteiger partial charge < -0.3 is 4.74 Å². The Morgan fingerprint density at radius 3 is 2.06 bits per heavy atom. The van der Waals surface area contributed by atoms with Gasteiger partial charge in [-0.1, -0.05) is 24.3 Å². The van der Waals surface area contributed by atoms with E-state index in [1.54, 1.807) is 31.4 Å². The number of fused-ring (bicyclic) bond motifs is 1. The molecule has 1 aliphatic carbocycles. The minimum absolute atomic E-state index is 0.115. The highest BCUT2D eigenvalue weighted by Gasteiger charge is 2.55. The zero-order valence-corrected chi connectivity index (χ0v) is 17.7. The van der Waals surface area contributed by atoms with E-state index in [0.717, 1.165) is 29.1 Å². The molecule has 1 saturated carbocycles. The Morgan fingerprint density at radius 2 is 1.50 bits per heavy atom. The summed E-state index contributed by atoms with van der Waals surface area (Å²) in [4.78, 5) is 52.8. The molecule has 32 heavy (non-hydrogen) atoms. The lowest BCUT2D eigenvalue weighted by Gasteiger charge is -2.32. The van der Waals surface area contributed by atoms with Gasteiger partial charge in [0, 0.05) is 13.1 Å². The number of carbonyl (C=O) groups excluding carboxylic acids is 4. The molecule has 2 aliphatic heterocycles. The van der Waals surface area contributed by atoms with Crippen molar-refractivity contribution in [2.45, 2.75) is 24.7 Å². The molecular weight excluding hydrogens is 410 g/mol. The van der Waals surface area contributed by atoms with Gasteiger partial charge in [0.2, 0.25) is 0 Å². The Morgan fingerprint density at radius 1 is 0.906 bits per heavy atom. The molecule has 5 rings (SSSR count). The third-order valence-electron chi connectivity index (χ3n) is 6.53. The number of imide groups is 1. The van der Waals surface area contributed by atoms with Gasteiger partial charge in [0.05, 0.1) is 23.7 Å². The summed E-state index contributed by atoms with van der Waals surface area (Å²) in [5.41, 5.74) is 0.875. The maximum Gasteiger partial charge on any atom is 0.262 e. The van der Waals surface area contributed by atoms with E-state index in [4.69, 9.17) is 4.74 Å². The van der Waals surface area contributed by atoms with Crippen LogP contribution < -0.4 is 4.74 Å². The van der Waals surface area contributed by atoms with Crippen molar-refractivity contribution in [3.8, 4) is 5.75 Å². The molecule has 8 heteroatoms. The largest absolute Gasteiger partial charge is 0.497 e. The first kappa shape index (κ1) is 20.2. The Hall–Kier alpha value is -3.68. The van der Waals surface area contributed by atoms with E-state index in [1.807, 2.05) is 24.3 Å². The van der Waals surface area contributed by atoms with Gasteiger partial charge in [-0.3, -0.25) is 29.1 Å². The number of benzene rings is 2. The highest BCUT2D eigenvalue weighted by atomic mass is 16.5. The summed E-state index contributed by atoms with van der Waals surface area (Å²) in [5, 5.41) is 2.90. The number of nitrogens with zero attached hydrogens (tertiary/aromatic N) is 3. The minimum atomic E-state index is -0.634. The minimum Gasteiger partial charge on any atom is -0.497 e. The van der Waals surface area contributed by atoms with Gasteiger partial charge in [-0.25, -0.2) is 5.01 Å². The number of rotatable bonds is 5. The summed E-state index contributed by atoms with van der Waals surface area (Å²) in [6.45, 7) is 0.433. The average Bonchev–Trinajstić information content (AvgIpc) is 3.43.